The summed E-state index contributed by atoms with van der Waals surface area (Å²) in [6.45, 7) is 4.43. The van der Waals surface area contributed by atoms with Gasteiger partial charge in [0.1, 0.15) is 0 Å². The van der Waals surface area contributed by atoms with Gasteiger partial charge in [-0.25, -0.2) is 0 Å². The van der Waals surface area contributed by atoms with Gasteiger partial charge < -0.3 is 0 Å². The highest BCUT2D eigenvalue weighted by Gasteiger charge is 2.46. The minimum Gasteiger partial charge on any atom is -0.291 e. The van der Waals surface area contributed by atoms with E-state index in [0.29, 0.717) is 38.1 Å². The molecule has 0 saturated heterocycles. The average molecular weight is 1030 g/mol. The zero-order valence-electron chi connectivity index (χ0n) is 41.9. The molecular weight excluding hydrogens is 976 g/mol. The van der Waals surface area contributed by atoms with Crippen molar-refractivity contribution in [3.8, 4) is 0 Å². The Balaban J connectivity index is 1.30. The van der Waals surface area contributed by atoms with Gasteiger partial charge in [-0.3, -0.25) is 4.90 Å². The molecule has 3 aliphatic heterocycles. The molecule has 370 valence electrons. The minimum absolute atomic E-state index is 0.584. The van der Waals surface area contributed by atoms with Crippen molar-refractivity contribution in [1.29, 1.82) is 0 Å². The lowest BCUT2D eigenvalue weighted by Gasteiger charge is -2.43. The monoisotopic (exact) mass is 1030 g/mol. The first kappa shape index (κ1) is 49.7. The van der Waals surface area contributed by atoms with E-state index in [1.807, 2.05) is 18.3 Å². The molecule has 0 aromatic heterocycles. The van der Waals surface area contributed by atoms with Gasteiger partial charge in [-0.05, 0) is 119 Å². The highest BCUT2D eigenvalue weighted by molar-refractivity contribution is 7.83. The minimum atomic E-state index is -2.95. The summed E-state index contributed by atoms with van der Waals surface area (Å²) in [5.74, 6) is 0. The Morgan fingerprint density at radius 2 is 0.667 bits per heavy atom. The summed E-state index contributed by atoms with van der Waals surface area (Å²) in [6, 6.07) is 90.4. The van der Waals surface area contributed by atoms with E-state index in [0.717, 1.165) is 65.5 Å². The van der Waals surface area contributed by atoms with Gasteiger partial charge in [0.25, 0.3) is 0 Å². The van der Waals surface area contributed by atoms with Crippen LogP contribution in [0.3, 0.4) is 0 Å². The molecule has 0 spiro atoms. The molecule has 0 aliphatic carbocycles. The van der Waals surface area contributed by atoms with Gasteiger partial charge >= 0.3 is 0 Å². The molecular formula is C63H58N9P3. The molecule has 3 heterocycles. The van der Waals surface area contributed by atoms with Crippen molar-refractivity contribution in [3.63, 3.8) is 0 Å². The maximum atomic E-state index is 5.80. The SMILES string of the molecule is CC12CP(c3ccccc3)(c3ccccc3)=NN=Cc3cccc(c3)CN(Cc3cccc(c3)N=NN=P(c3ccccc3)(c3ccccc3)C1)Cc1cccc(c1)N=NN=P(c1ccccc1)(c1ccccc1)C2. The molecule has 0 atom stereocenters. The molecule has 0 N–H and O–H groups in total. The molecule has 0 saturated carbocycles. The Morgan fingerprint density at radius 3 is 1.03 bits per heavy atom. The van der Waals surface area contributed by atoms with Crippen LogP contribution in [0.5, 0.6) is 0 Å². The molecule has 12 heteroatoms. The molecule has 0 fully saturated rings. The second kappa shape index (κ2) is 22.5. The molecule has 0 radical (unpaired) electrons. The first-order chi connectivity index (χ1) is 36.9. The molecule has 0 amide bonds. The van der Waals surface area contributed by atoms with Crippen LogP contribution >= 0.6 is 21.2 Å². The van der Waals surface area contributed by atoms with Crippen LogP contribution in [0, 0.1) is 5.41 Å². The first-order valence-electron chi connectivity index (χ1n) is 25.4. The summed E-state index contributed by atoms with van der Waals surface area (Å²) in [7, 11) is -8.80. The zero-order valence-corrected chi connectivity index (χ0v) is 44.6. The van der Waals surface area contributed by atoms with Crippen molar-refractivity contribution in [2.45, 2.75) is 26.6 Å². The number of hydrogen-bond acceptors (Lipinski definition) is 9. The Kier molecular flexibility index (Phi) is 14.9. The third-order valence-corrected chi connectivity index (χ3v) is 25.8. The summed E-state index contributed by atoms with van der Waals surface area (Å²) in [5.41, 5.74) is 5.21. The van der Waals surface area contributed by atoms with Crippen LogP contribution in [-0.2, 0) is 19.6 Å². The van der Waals surface area contributed by atoms with Gasteiger partial charge in [-0.1, -0.05) is 231 Å². The zero-order chi connectivity index (χ0) is 50.8. The lowest BCUT2D eigenvalue weighted by atomic mass is 9.99. The molecule has 9 aromatic carbocycles. The van der Waals surface area contributed by atoms with E-state index < -0.39 is 26.6 Å². The van der Waals surface area contributed by atoms with Crippen molar-refractivity contribution < 1.29 is 0 Å². The van der Waals surface area contributed by atoms with Crippen molar-refractivity contribution in [2.24, 2.45) is 45.8 Å². The molecule has 75 heavy (non-hydrogen) atoms. The van der Waals surface area contributed by atoms with Gasteiger partial charge in [0.15, 0.2) is 0 Å². The Morgan fingerprint density at radius 1 is 0.347 bits per heavy atom. The number of rotatable bonds is 6. The fourth-order valence-electron chi connectivity index (χ4n) is 10.9. The smallest absolute Gasteiger partial charge is 0.0878 e. The molecule has 9 aromatic rings. The summed E-state index contributed by atoms with van der Waals surface area (Å²) in [6.07, 6.45) is 3.73. The summed E-state index contributed by atoms with van der Waals surface area (Å²) < 4.78 is 0. The largest absolute Gasteiger partial charge is 0.291 e. The Bertz CT molecular complexity index is 3150. The predicted molar refractivity (Wildman–Crippen MR) is 316 cm³/mol. The van der Waals surface area contributed by atoms with Crippen LogP contribution < -0.4 is 31.8 Å². The predicted octanol–water partition coefficient (Wildman–Crippen LogP) is 14.8. The van der Waals surface area contributed by atoms with Gasteiger partial charge in [0.05, 0.1) is 38.8 Å². The lowest BCUT2D eigenvalue weighted by molar-refractivity contribution is 0.248. The van der Waals surface area contributed by atoms with Crippen LogP contribution in [0.15, 0.2) is 295 Å². The van der Waals surface area contributed by atoms with Crippen molar-refractivity contribution >= 4 is 70.6 Å². The Labute approximate surface area is 441 Å². The van der Waals surface area contributed by atoms with Crippen LogP contribution in [0.4, 0.5) is 11.4 Å². The van der Waals surface area contributed by atoms with Crippen molar-refractivity contribution in [3.05, 3.63) is 277 Å². The fourth-order valence-corrected chi connectivity index (χ4v) is 22.8. The first-order valence-corrected chi connectivity index (χ1v) is 31.2. The highest BCUT2D eigenvalue weighted by atomic mass is 31.2. The van der Waals surface area contributed by atoms with Crippen molar-refractivity contribution in [1.82, 2.24) is 4.90 Å². The van der Waals surface area contributed by atoms with Crippen LogP contribution in [-0.4, -0.2) is 29.6 Å². The molecule has 3 aliphatic rings. The maximum absolute atomic E-state index is 5.80. The van der Waals surface area contributed by atoms with Gasteiger partial charge in [-0.2, -0.15) is 9.96 Å². The average Bonchev–Trinajstić information content (AvgIpc) is 3.46. The number of hydrogen-bond donors (Lipinski definition) is 0. The third kappa shape index (κ3) is 11.2. The van der Waals surface area contributed by atoms with E-state index in [9.17, 15) is 0 Å². The van der Waals surface area contributed by atoms with E-state index >= 15 is 0 Å². The van der Waals surface area contributed by atoms with E-state index in [1.165, 1.54) is 0 Å². The van der Waals surface area contributed by atoms with Crippen molar-refractivity contribution in [2.75, 3.05) is 18.5 Å². The topological polar surface area (TPSA) is 102 Å². The summed E-state index contributed by atoms with van der Waals surface area (Å²) >= 11 is 0. The Hall–Kier alpha value is -7.50. The summed E-state index contributed by atoms with van der Waals surface area (Å²) in [5, 5.41) is 32.0. The van der Waals surface area contributed by atoms with Gasteiger partial charge in [0.2, 0.25) is 0 Å². The second-order valence-corrected chi connectivity index (χ2v) is 28.9. The van der Waals surface area contributed by atoms with E-state index in [4.69, 9.17) is 40.3 Å². The maximum Gasteiger partial charge on any atom is 0.0878 e. The number of fused-ring (bicyclic) bond motifs is 6. The van der Waals surface area contributed by atoms with Gasteiger partial charge in [-0.15, -0.1) is 19.9 Å². The van der Waals surface area contributed by atoms with Crippen LogP contribution in [0.2, 0.25) is 0 Å². The third-order valence-electron chi connectivity index (χ3n) is 14.0. The number of nitrogens with zero attached hydrogens (tertiary/aromatic N) is 9. The van der Waals surface area contributed by atoms with E-state index in [-0.39, 0.29) is 0 Å². The molecule has 0 unspecified atom stereocenters. The standard InChI is InChI=1S/C63H58N9P3/c1-63-48-73(57-29-8-2-9-30-57,58-31-10-3-11-32-58)69-64-44-51-23-20-24-52(41-51)45-72(46-53-25-21-27-55(42-53)65-67-70-74(49-63,59-33-12-4-13-34-59)60-35-14-5-15-36-60)47-54-26-22-28-56(43-54)66-68-71-75(50-63,61-37-16-6-17-38-61)62-39-18-7-19-40-62/h2-44H,45-50H2,1H3. The van der Waals surface area contributed by atoms with Crippen LogP contribution in [0.1, 0.15) is 29.2 Å². The number of benzene rings is 9. The lowest BCUT2D eigenvalue weighted by Crippen LogP contribution is -2.40. The quantitative estimate of drug-likeness (QED) is 0.152. The molecule has 8 bridgehead atoms. The molecule has 9 nitrogen and oxygen atoms in total. The summed E-state index contributed by atoms with van der Waals surface area (Å²) in [4.78, 5) is 19.7. The van der Waals surface area contributed by atoms with E-state index in [1.54, 1.807) is 0 Å². The van der Waals surface area contributed by atoms with Gasteiger partial charge in [0, 0.05) is 19.6 Å². The second-order valence-electron chi connectivity index (χ2n) is 19.7. The van der Waals surface area contributed by atoms with Crippen LogP contribution in [0.25, 0.3) is 0 Å². The highest BCUT2D eigenvalue weighted by Crippen LogP contribution is 2.63. The normalized spacial score (nSPS) is 19.1. The molecule has 12 rings (SSSR count). The van der Waals surface area contributed by atoms with E-state index in [2.05, 4.69) is 254 Å². The fraction of sp³-hybridized carbons (Fsp3) is 0.127.